The summed E-state index contributed by atoms with van der Waals surface area (Å²) in [5.74, 6) is 0. The van der Waals surface area contributed by atoms with Crippen molar-refractivity contribution in [1.82, 2.24) is 9.97 Å². The summed E-state index contributed by atoms with van der Waals surface area (Å²) in [6.45, 7) is 0. The molecule has 1 aromatic heterocycles. The molecule has 0 atom stereocenters. The second kappa shape index (κ2) is 3.75. The third-order valence-electron chi connectivity index (χ3n) is 0.744. The van der Waals surface area contributed by atoms with E-state index in [4.69, 9.17) is 23.2 Å². The molecule has 0 radical (unpaired) electrons. The van der Waals surface area contributed by atoms with Crippen molar-refractivity contribution in [2.75, 3.05) is 0 Å². The SMILES string of the molecule is Cl[CH](Cl)[Zr][c]1ncc[nH]1. The van der Waals surface area contributed by atoms with Gasteiger partial charge in [-0.2, -0.15) is 0 Å². The predicted octanol–water partition coefficient (Wildman–Crippen LogP) is 0.879. The van der Waals surface area contributed by atoms with Crippen molar-refractivity contribution in [3.05, 3.63) is 12.4 Å². The first-order chi connectivity index (χ1) is 4.29. The van der Waals surface area contributed by atoms with Gasteiger partial charge in [-0.3, -0.25) is 0 Å². The molecule has 0 bridgehead atoms. The van der Waals surface area contributed by atoms with Crippen LogP contribution in [0, 0.1) is 0 Å². The number of halogens is 2. The third-order valence-corrected chi connectivity index (χ3v) is 3.92. The van der Waals surface area contributed by atoms with E-state index in [-0.39, 0.29) is 2.54 Å². The molecule has 48 valence electrons. The molecule has 0 fully saturated rings. The molecule has 0 unspecified atom stereocenters. The fraction of sp³-hybridized carbons (Fsp3) is 0.250. The van der Waals surface area contributed by atoms with Crippen LogP contribution in [0.15, 0.2) is 12.4 Å². The van der Waals surface area contributed by atoms with Gasteiger partial charge in [0, 0.05) is 0 Å². The zero-order chi connectivity index (χ0) is 6.69. The fourth-order valence-corrected chi connectivity index (χ4v) is 2.95. The van der Waals surface area contributed by atoms with E-state index in [0.717, 1.165) is 3.53 Å². The van der Waals surface area contributed by atoms with Gasteiger partial charge in [0.2, 0.25) is 0 Å². The zero-order valence-electron chi connectivity index (χ0n) is 4.44. The Balaban J connectivity index is 2.48. The summed E-state index contributed by atoms with van der Waals surface area (Å²) in [5.41, 5.74) is 0. The Labute approximate surface area is 74.5 Å². The first kappa shape index (κ1) is 7.78. The van der Waals surface area contributed by atoms with Crippen LogP contribution in [-0.4, -0.2) is 12.5 Å². The topological polar surface area (TPSA) is 28.7 Å². The minimum atomic E-state index is -0.828. The molecule has 1 rings (SSSR count). The molecule has 0 saturated carbocycles. The van der Waals surface area contributed by atoms with E-state index in [9.17, 15) is 0 Å². The van der Waals surface area contributed by atoms with E-state index >= 15 is 0 Å². The number of hydrogen-bond donors (Lipinski definition) is 1. The third kappa shape index (κ3) is 2.83. The van der Waals surface area contributed by atoms with Crippen molar-refractivity contribution < 1.29 is 23.2 Å². The quantitative estimate of drug-likeness (QED) is 0.766. The number of nitrogens with zero attached hydrogens (tertiary/aromatic N) is 1. The maximum absolute atomic E-state index is 5.55. The Morgan fingerprint density at radius 1 is 1.67 bits per heavy atom. The van der Waals surface area contributed by atoms with Gasteiger partial charge in [0.05, 0.1) is 0 Å². The van der Waals surface area contributed by atoms with E-state index in [1.54, 1.807) is 12.4 Å². The van der Waals surface area contributed by atoms with Gasteiger partial charge < -0.3 is 0 Å². The summed E-state index contributed by atoms with van der Waals surface area (Å²) < 4.78 is 0.799. The van der Waals surface area contributed by atoms with Crippen molar-refractivity contribution >= 4 is 26.7 Å². The number of nitrogens with one attached hydrogen (secondary N) is 1. The van der Waals surface area contributed by atoms with Gasteiger partial charge in [-0.05, 0) is 0 Å². The van der Waals surface area contributed by atoms with Gasteiger partial charge in [-0.25, -0.2) is 0 Å². The summed E-state index contributed by atoms with van der Waals surface area (Å²) in [7, 11) is 0. The van der Waals surface area contributed by atoms with Crippen molar-refractivity contribution in [3.63, 3.8) is 0 Å². The number of hydrogen-bond acceptors (Lipinski definition) is 1. The van der Waals surface area contributed by atoms with Gasteiger partial charge in [0.25, 0.3) is 0 Å². The van der Waals surface area contributed by atoms with Gasteiger partial charge in [-0.15, -0.1) is 0 Å². The summed E-state index contributed by atoms with van der Waals surface area (Å²) in [4.78, 5) is 6.97. The second-order valence-electron chi connectivity index (χ2n) is 1.38. The Morgan fingerprint density at radius 3 is 2.89 bits per heavy atom. The van der Waals surface area contributed by atoms with E-state index in [0.29, 0.717) is 0 Å². The molecule has 2 nitrogen and oxygen atoms in total. The molecular weight excluding hydrogens is 238 g/mol. The Bertz CT molecular complexity index is 163. The Kier molecular flexibility index (Phi) is 3.24. The second-order valence-corrected chi connectivity index (χ2v) is 7.57. The first-order valence-electron chi connectivity index (χ1n) is 2.33. The number of rotatable bonds is 2. The summed E-state index contributed by atoms with van der Waals surface area (Å²) in [6.07, 6.45) is 3.50. The van der Waals surface area contributed by atoms with Crippen molar-refractivity contribution in [2.24, 2.45) is 0 Å². The van der Waals surface area contributed by atoms with E-state index in [1.165, 1.54) is 0 Å². The molecule has 0 spiro atoms. The number of aromatic nitrogens is 2. The Hall–Kier alpha value is 0.673. The monoisotopic (exact) mass is 240 g/mol. The molecule has 1 heterocycles. The van der Waals surface area contributed by atoms with Crippen LogP contribution in [-0.2, 0) is 23.2 Å². The van der Waals surface area contributed by atoms with Crippen LogP contribution in [0.1, 0.15) is 0 Å². The van der Waals surface area contributed by atoms with Crippen LogP contribution in [0.5, 0.6) is 0 Å². The molecule has 1 aromatic rings. The van der Waals surface area contributed by atoms with Gasteiger partial charge in [0.15, 0.2) is 0 Å². The van der Waals surface area contributed by atoms with Crippen LogP contribution in [0.25, 0.3) is 0 Å². The maximum atomic E-state index is 5.55. The zero-order valence-corrected chi connectivity index (χ0v) is 8.41. The number of aromatic amines is 1. The van der Waals surface area contributed by atoms with Crippen molar-refractivity contribution in [1.29, 1.82) is 0 Å². The molecule has 0 saturated heterocycles. The van der Waals surface area contributed by atoms with Crippen LogP contribution in [0.4, 0.5) is 0 Å². The number of alkyl halides is 2. The standard InChI is InChI=1S/C3H3N2.CHCl2.Zr/c1-2-5-3-4-1;2-1-3;/h1-2H,(H,4,5);1H;. The molecule has 5 heteroatoms. The minimum absolute atomic E-state index is 0.195. The summed E-state index contributed by atoms with van der Waals surface area (Å²) in [5, 5.41) is 0. The average molecular weight is 242 g/mol. The number of H-pyrrole nitrogens is 1. The molecule has 0 amide bonds. The predicted molar refractivity (Wildman–Crippen MR) is 33.7 cm³/mol. The normalized spacial score (nSPS) is 10.1. The van der Waals surface area contributed by atoms with Crippen molar-refractivity contribution in [3.8, 4) is 0 Å². The van der Waals surface area contributed by atoms with E-state index < -0.39 is 23.2 Å². The van der Waals surface area contributed by atoms with Crippen LogP contribution in [0.2, 0.25) is 0 Å². The van der Waals surface area contributed by atoms with Gasteiger partial charge >= 0.3 is 74.9 Å². The van der Waals surface area contributed by atoms with Crippen molar-refractivity contribution in [2.45, 2.75) is 2.54 Å². The average Bonchev–Trinajstić information content (AvgIpc) is 2.15. The molecule has 0 aliphatic rings. The van der Waals surface area contributed by atoms with E-state index in [2.05, 4.69) is 9.97 Å². The van der Waals surface area contributed by atoms with Gasteiger partial charge in [-0.1, -0.05) is 0 Å². The molecule has 1 N–H and O–H groups in total. The molecule has 0 aliphatic carbocycles. The molecule has 0 aliphatic heterocycles. The van der Waals surface area contributed by atoms with E-state index in [1.807, 2.05) is 0 Å². The Morgan fingerprint density at radius 2 is 2.44 bits per heavy atom. The molecule has 0 aromatic carbocycles. The van der Waals surface area contributed by atoms with Gasteiger partial charge in [0.1, 0.15) is 0 Å². The fourth-order valence-electron chi connectivity index (χ4n) is 0.448. The van der Waals surface area contributed by atoms with Crippen LogP contribution in [0.3, 0.4) is 0 Å². The number of imidazole rings is 1. The molecule has 9 heavy (non-hydrogen) atoms. The van der Waals surface area contributed by atoms with Crippen LogP contribution < -0.4 is 3.53 Å². The summed E-state index contributed by atoms with van der Waals surface area (Å²) >= 11 is 10.3. The molecular formula is C4H4Cl2N2Zr. The first-order valence-corrected chi connectivity index (χ1v) is 5.85. The summed E-state index contributed by atoms with van der Waals surface area (Å²) in [6, 6.07) is 0. The van der Waals surface area contributed by atoms with Crippen LogP contribution >= 0.6 is 23.2 Å².